The molecule has 5 aliphatic carbocycles. The van der Waals surface area contributed by atoms with Crippen molar-refractivity contribution in [1.29, 1.82) is 0 Å². The van der Waals surface area contributed by atoms with E-state index in [9.17, 15) is 4.79 Å². The lowest BCUT2D eigenvalue weighted by Gasteiger charge is -2.58. The van der Waals surface area contributed by atoms with Crippen molar-refractivity contribution in [2.45, 2.75) is 90.6 Å². The van der Waals surface area contributed by atoms with E-state index in [1.807, 2.05) is 6.20 Å². The molecule has 2 heterocycles. The Balaban J connectivity index is 0.00000277. The van der Waals surface area contributed by atoms with Crippen molar-refractivity contribution in [3.8, 4) is 0 Å². The van der Waals surface area contributed by atoms with Gasteiger partial charge in [0.2, 0.25) is 0 Å². The van der Waals surface area contributed by atoms with Gasteiger partial charge in [-0.25, -0.2) is 0 Å². The van der Waals surface area contributed by atoms with Gasteiger partial charge in [0.25, 0.3) is 0 Å². The highest BCUT2D eigenvalue weighted by molar-refractivity contribution is 5.85. The summed E-state index contributed by atoms with van der Waals surface area (Å²) >= 11 is 0. The molecule has 0 unspecified atom stereocenters. The van der Waals surface area contributed by atoms with E-state index in [-0.39, 0.29) is 41.2 Å². The molecule has 6 aliphatic rings. The summed E-state index contributed by atoms with van der Waals surface area (Å²) in [5.41, 5.74) is 5.02. The van der Waals surface area contributed by atoms with Crippen molar-refractivity contribution in [1.82, 2.24) is 9.88 Å². The van der Waals surface area contributed by atoms with Gasteiger partial charge in [-0.15, -0.1) is 12.4 Å². The first-order chi connectivity index (χ1) is 18.4. The molecule has 4 fully saturated rings. The van der Waals surface area contributed by atoms with Crippen LogP contribution >= 0.6 is 12.4 Å². The second-order valence-corrected chi connectivity index (χ2v) is 14.1. The van der Waals surface area contributed by atoms with Crippen LogP contribution in [0.25, 0.3) is 5.57 Å². The zero-order valence-electron chi connectivity index (χ0n) is 23.9. The number of halogens is 1. The van der Waals surface area contributed by atoms with Gasteiger partial charge < -0.3 is 9.64 Å². The molecule has 5 heteroatoms. The molecule has 3 saturated carbocycles. The predicted octanol–water partition coefficient (Wildman–Crippen LogP) is 7.49. The Kier molecular flexibility index (Phi) is 7.50. The van der Waals surface area contributed by atoms with E-state index in [1.54, 1.807) is 11.1 Å². The Labute approximate surface area is 241 Å². The minimum Gasteiger partial charge on any atom is -0.462 e. The van der Waals surface area contributed by atoms with Gasteiger partial charge in [-0.1, -0.05) is 37.6 Å². The molecule has 1 aromatic rings. The molecule has 39 heavy (non-hydrogen) atoms. The number of pyridine rings is 1. The first-order valence-corrected chi connectivity index (χ1v) is 15.7. The minimum atomic E-state index is 0. The number of likely N-dealkylation sites (tertiary alicyclic amines) is 1. The first kappa shape index (κ1) is 27.5. The average molecular weight is 551 g/mol. The third-order valence-electron chi connectivity index (χ3n) is 12.0. The number of nitrogens with zero attached hydrogens (tertiary/aromatic N) is 2. The van der Waals surface area contributed by atoms with E-state index < -0.39 is 0 Å². The molecule has 0 bridgehead atoms. The van der Waals surface area contributed by atoms with Crippen LogP contribution in [0.1, 0.15) is 90.0 Å². The predicted molar refractivity (Wildman–Crippen MR) is 158 cm³/mol. The summed E-state index contributed by atoms with van der Waals surface area (Å²) in [6.45, 7) is 8.49. The molecule has 0 spiro atoms. The fraction of sp³-hybridized carbons (Fsp3) is 0.706. The molecule has 0 aromatic carbocycles. The van der Waals surface area contributed by atoms with Crippen LogP contribution in [0.15, 0.2) is 42.3 Å². The van der Waals surface area contributed by atoms with E-state index in [4.69, 9.17) is 4.74 Å². The maximum atomic E-state index is 13.1. The summed E-state index contributed by atoms with van der Waals surface area (Å²) < 4.78 is 6.23. The fourth-order valence-electron chi connectivity index (χ4n) is 9.54. The number of hydrogen-bond acceptors (Lipinski definition) is 4. The van der Waals surface area contributed by atoms with Crippen LogP contribution in [0, 0.1) is 40.4 Å². The standard InChI is InChI=1S/C34H46N2O2.ClH/c1-33-15-11-27(38-32(37)24-13-18-36(19-14-24)22-23-5-6-23)20-26(33)7-8-28-30-10-9-29(25-4-3-17-35-21-25)34(30,2)16-12-31(28)33;/h3-4,7,9,17,21,23-24,27-28,30-31H,5-6,8,10-16,18-20,22H2,1-2H3;1H/t27-,28-,30-,31-,33-,34+;/m0./s1. The first-order valence-electron chi connectivity index (χ1n) is 15.7. The van der Waals surface area contributed by atoms with E-state index in [1.165, 1.54) is 57.1 Å². The highest BCUT2D eigenvalue weighted by atomic mass is 35.5. The summed E-state index contributed by atoms with van der Waals surface area (Å²) in [6, 6.07) is 4.33. The van der Waals surface area contributed by atoms with Crippen molar-refractivity contribution >= 4 is 23.9 Å². The van der Waals surface area contributed by atoms with Gasteiger partial charge in [0, 0.05) is 25.4 Å². The minimum absolute atomic E-state index is 0. The Hall–Kier alpha value is -1.65. The molecule has 0 radical (unpaired) electrons. The van der Waals surface area contributed by atoms with Crippen LogP contribution in [0.3, 0.4) is 0 Å². The number of rotatable bonds is 5. The number of carbonyl (C=O) groups excluding carboxylic acids is 1. The quantitative estimate of drug-likeness (QED) is 0.281. The number of piperidine rings is 1. The second-order valence-electron chi connectivity index (χ2n) is 14.1. The summed E-state index contributed by atoms with van der Waals surface area (Å²) in [6.07, 6.45) is 22.1. The molecule has 1 aliphatic heterocycles. The number of allylic oxidation sites excluding steroid dienone is 3. The molecule has 6 atom stereocenters. The molecular weight excluding hydrogens is 504 g/mol. The number of fused-ring (bicyclic) bond motifs is 5. The maximum Gasteiger partial charge on any atom is 0.309 e. The molecule has 0 N–H and O–H groups in total. The summed E-state index contributed by atoms with van der Waals surface area (Å²) in [5, 5.41) is 0. The maximum absolute atomic E-state index is 13.1. The monoisotopic (exact) mass is 550 g/mol. The van der Waals surface area contributed by atoms with Gasteiger partial charge in [0.1, 0.15) is 6.10 Å². The van der Waals surface area contributed by atoms with E-state index in [0.29, 0.717) is 0 Å². The third kappa shape index (κ3) is 4.92. The van der Waals surface area contributed by atoms with Gasteiger partial charge in [0.05, 0.1) is 5.92 Å². The molecule has 1 aromatic heterocycles. The van der Waals surface area contributed by atoms with Crippen molar-refractivity contribution < 1.29 is 9.53 Å². The highest BCUT2D eigenvalue weighted by Gasteiger charge is 2.57. The van der Waals surface area contributed by atoms with E-state index in [0.717, 1.165) is 62.4 Å². The molecule has 212 valence electrons. The lowest BCUT2D eigenvalue weighted by atomic mass is 9.47. The molecule has 0 amide bonds. The van der Waals surface area contributed by atoms with Crippen molar-refractivity contribution in [3.63, 3.8) is 0 Å². The van der Waals surface area contributed by atoms with Gasteiger partial charge in [-0.3, -0.25) is 9.78 Å². The number of hydrogen-bond donors (Lipinski definition) is 0. The van der Waals surface area contributed by atoms with Gasteiger partial charge >= 0.3 is 5.97 Å². The van der Waals surface area contributed by atoms with Crippen LogP contribution in [-0.4, -0.2) is 41.6 Å². The van der Waals surface area contributed by atoms with Gasteiger partial charge in [-0.2, -0.15) is 0 Å². The zero-order chi connectivity index (χ0) is 25.9. The van der Waals surface area contributed by atoms with Crippen molar-refractivity contribution in [2.24, 2.45) is 40.4 Å². The lowest BCUT2D eigenvalue weighted by molar-refractivity contribution is -0.158. The number of aromatic nitrogens is 1. The van der Waals surface area contributed by atoms with Crippen LogP contribution in [0.5, 0.6) is 0 Å². The molecule has 4 nitrogen and oxygen atoms in total. The zero-order valence-corrected chi connectivity index (χ0v) is 24.8. The van der Waals surface area contributed by atoms with Crippen LogP contribution in [0.4, 0.5) is 0 Å². The molecular formula is C34H47ClN2O2. The number of carbonyl (C=O) groups is 1. The number of esters is 1. The normalized spacial score (nSPS) is 38.4. The second kappa shape index (κ2) is 10.6. The van der Waals surface area contributed by atoms with E-state index >= 15 is 0 Å². The summed E-state index contributed by atoms with van der Waals surface area (Å²) in [4.78, 5) is 20.1. The molecule has 7 rings (SSSR count). The van der Waals surface area contributed by atoms with Gasteiger partial charge in [-0.05, 0) is 129 Å². The summed E-state index contributed by atoms with van der Waals surface area (Å²) in [5.74, 6) is 3.38. The Bertz CT molecular complexity index is 1120. The number of ether oxygens (including phenoxy) is 1. The Morgan fingerprint density at radius 1 is 1.00 bits per heavy atom. The van der Waals surface area contributed by atoms with Gasteiger partial charge in [0.15, 0.2) is 0 Å². The lowest BCUT2D eigenvalue weighted by Crippen LogP contribution is -2.50. The highest BCUT2D eigenvalue weighted by Crippen LogP contribution is 2.66. The SMILES string of the molecule is C[C@]12CC[C@H](OC(=O)C3CCN(CC4CC4)CC3)CC1=CC[C@@H]1[C@@H]2CC[C@]2(C)C(c3cccnc3)=CC[C@@H]12.Cl. The van der Waals surface area contributed by atoms with Crippen LogP contribution in [0.2, 0.25) is 0 Å². The average Bonchev–Trinajstić information content (AvgIpc) is 3.67. The smallest absolute Gasteiger partial charge is 0.309 e. The fourth-order valence-corrected chi connectivity index (χ4v) is 9.54. The largest absolute Gasteiger partial charge is 0.462 e. The molecule has 1 saturated heterocycles. The summed E-state index contributed by atoms with van der Waals surface area (Å²) in [7, 11) is 0. The Morgan fingerprint density at radius 3 is 2.54 bits per heavy atom. The van der Waals surface area contributed by atoms with Crippen LogP contribution in [-0.2, 0) is 9.53 Å². The Morgan fingerprint density at radius 2 is 1.79 bits per heavy atom. The van der Waals surface area contributed by atoms with Crippen molar-refractivity contribution in [3.05, 3.63) is 47.8 Å². The third-order valence-corrected chi connectivity index (χ3v) is 12.0. The van der Waals surface area contributed by atoms with Crippen LogP contribution < -0.4 is 0 Å². The topological polar surface area (TPSA) is 42.4 Å². The van der Waals surface area contributed by atoms with E-state index in [2.05, 4.69) is 54.2 Å². The van der Waals surface area contributed by atoms with Crippen molar-refractivity contribution in [2.75, 3.05) is 19.6 Å².